The summed E-state index contributed by atoms with van der Waals surface area (Å²) in [6, 6.07) is 0. The molecule has 0 spiro atoms. The average molecular weight is 813 g/mol. The van der Waals surface area contributed by atoms with Crippen molar-refractivity contribution in [2.45, 2.75) is 180 Å². The molecule has 12 nitrogen and oxygen atoms in total. The fraction of sp³-hybridized carbons (Fsp3) is 0.744. The minimum absolute atomic E-state index is 0.0257. The number of allylic oxidation sites excluding steroid dienone is 6. The second-order valence-electron chi connectivity index (χ2n) is 14.9. The molecule has 6 atom stereocenters. The van der Waals surface area contributed by atoms with Gasteiger partial charge in [-0.1, -0.05) is 107 Å². The maximum Gasteiger partial charge on any atom is 0.469 e. The van der Waals surface area contributed by atoms with Crippen molar-refractivity contribution in [2.75, 3.05) is 13.2 Å². The van der Waals surface area contributed by atoms with Crippen molar-refractivity contribution < 1.29 is 58.1 Å². The number of carbonyl (C=O) groups is 3. The zero-order valence-corrected chi connectivity index (χ0v) is 35.0. The van der Waals surface area contributed by atoms with Crippen molar-refractivity contribution in [3.05, 3.63) is 48.6 Å². The minimum atomic E-state index is -4.85. The van der Waals surface area contributed by atoms with Crippen molar-refractivity contribution >= 4 is 25.5 Å². The number of aliphatic hydroxyl groups excluding tert-OH is 3. The lowest BCUT2D eigenvalue weighted by atomic mass is 9.87. The molecule has 0 unspecified atom stereocenters. The predicted molar refractivity (Wildman–Crippen MR) is 218 cm³/mol. The van der Waals surface area contributed by atoms with Gasteiger partial charge in [-0.15, -0.1) is 0 Å². The van der Waals surface area contributed by atoms with E-state index in [0.717, 1.165) is 64.2 Å². The molecule has 0 amide bonds. The fourth-order valence-corrected chi connectivity index (χ4v) is 6.91. The zero-order chi connectivity index (χ0) is 41.4. The van der Waals surface area contributed by atoms with Gasteiger partial charge in [0.25, 0.3) is 0 Å². The molecule has 1 rings (SSSR count). The lowest BCUT2D eigenvalue weighted by Crippen LogP contribution is -2.29. The van der Waals surface area contributed by atoms with Crippen LogP contribution in [-0.4, -0.2) is 80.5 Å². The minimum Gasteiger partial charge on any atom is -0.462 e. The predicted octanol–water partition coefficient (Wildman–Crippen LogP) is 8.30. The molecule has 0 aromatic heterocycles. The molecule has 56 heavy (non-hydrogen) atoms. The van der Waals surface area contributed by atoms with Crippen LogP contribution in [0.1, 0.15) is 155 Å². The number of hydrogen-bond donors (Lipinski definition) is 5. The molecular formula is C43H73O12P. The van der Waals surface area contributed by atoms with Crippen LogP contribution in [0.15, 0.2) is 48.6 Å². The van der Waals surface area contributed by atoms with E-state index in [1.165, 1.54) is 19.3 Å². The number of Topliss-reactive ketones (excluding diaryl/α,β-unsaturated/α-hetero) is 1. The van der Waals surface area contributed by atoms with Gasteiger partial charge in [0.1, 0.15) is 12.4 Å². The van der Waals surface area contributed by atoms with E-state index in [-0.39, 0.29) is 37.9 Å². The standard InChI is InChI=1S/C43H73O12P/c1-3-5-7-8-9-10-11-12-13-14-15-16-17-18-19-20-22-28-43(49)55-37(34-54-56(50,51)52)33-53-42(48)27-24-23-26-36(45)31-39-38(40(46)32-41(39)47)30-29-35(44)25-21-6-4-2/h9-10,12-13,15-16,29-30,35,37-41,44,46-47H,3-8,11,14,17-28,31-34H2,1-2H3,(H2,50,51,52)/b10-9-,13-12-,16-15-,30-29+/t35-,37+,38+,39+,40+,41-/m0/s1. The number of hydrogen-bond acceptors (Lipinski definition) is 10. The van der Waals surface area contributed by atoms with Crippen molar-refractivity contribution in [3.63, 3.8) is 0 Å². The molecule has 13 heteroatoms. The molecule has 322 valence electrons. The highest BCUT2D eigenvalue weighted by atomic mass is 31.2. The summed E-state index contributed by atoms with van der Waals surface area (Å²) >= 11 is 0. The van der Waals surface area contributed by atoms with E-state index in [0.29, 0.717) is 25.7 Å². The number of ketones is 1. The van der Waals surface area contributed by atoms with Gasteiger partial charge in [-0.25, -0.2) is 4.57 Å². The van der Waals surface area contributed by atoms with Crippen LogP contribution in [0, 0.1) is 11.8 Å². The first kappa shape index (κ1) is 51.6. The highest BCUT2D eigenvalue weighted by molar-refractivity contribution is 7.46. The number of carbonyl (C=O) groups excluding carboxylic acids is 3. The molecule has 1 fully saturated rings. The normalized spacial score (nSPS) is 20.1. The smallest absolute Gasteiger partial charge is 0.462 e. The van der Waals surface area contributed by atoms with Gasteiger partial charge >= 0.3 is 19.8 Å². The number of phosphoric ester groups is 1. The Bertz CT molecular complexity index is 1230. The van der Waals surface area contributed by atoms with E-state index in [2.05, 4.69) is 54.8 Å². The van der Waals surface area contributed by atoms with E-state index in [1.807, 2.05) is 0 Å². The maximum atomic E-state index is 12.7. The van der Waals surface area contributed by atoms with E-state index in [1.54, 1.807) is 12.2 Å². The first-order chi connectivity index (χ1) is 26.9. The molecule has 0 aromatic carbocycles. The monoisotopic (exact) mass is 812 g/mol. The lowest BCUT2D eigenvalue weighted by Gasteiger charge is -2.20. The summed E-state index contributed by atoms with van der Waals surface area (Å²) in [6.45, 7) is 3.20. The summed E-state index contributed by atoms with van der Waals surface area (Å²) in [5.41, 5.74) is 0. The third kappa shape index (κ3) is 28.0. The van der Waals surface area contributed by atoms with Gasteiger partial charge in [-0.05, 0) is 64.2 Å². The van der Waals surface area contributed by atoms with Gasteiger partial charge in [0.05, 0.1) is 24.9 Å². The Morgan fingerprint density at radius 3 is 1.95 bits per heavy atom. The Morgan fingerprint density at radius 1 is 0.714 bits per heavy atom. The van der Waals surface area contributed by atoms with Crippen LogP contribution in [-0.2, 0) is 32.9 Å². The van der Waals surface area contributed by atoms with Crippen LogP contribution in [0.2, 0.25) is 0 Å². The molecule has 1 aliphatic carbocycles. The zero-order valence-electron chi connectivity index (χ0n) is 34.1. The van der Waals surface area contributed by atoms with Gasteiger partial charge in [0, 0.05) is 43.9 Å². The van der Waals surface area contributed by atoms with Crippen LogP contribution < -0.4 is 0 Å². The summed E-state index contributed by atoms with van der Waals surface area (Å²) in [5.74, 6) is -2.20. The third-order valence-electron chi connectivity index (χ3n) is 9.80. The number of aliphatic hydroxyl groups is 3. The molecule has 0 bridgehead atoms. The van der Waals surface area contributed by atoms with Crippen molar-refractivity contribution in [1.82, 2.24) is 0 Å². The van der Waals surface area contributed by atoms with E-state index < -0.39 is 69.2 Å². The molecule has 0 heterocycles. The van der Waals surface area contributed by atoms with Crippen molar-refractivity contribution in [3.8, 4) is 0 Å². The van der Waals surface area contributed by atoms with E-state index in [4.69, 9.17) is 19.3 Å². The molecular weight excluding hydrogens is 739 g/mol. The number of ether oxygens (including phenoxy) is 2. The second-order valence-corrected chi connectivity index (χ2v) is 16.2. The second kappa shape index (κ2) is 32.5. The first-order valence-corrected chi connectivity index (χ1v) is 22.6. The summed E-state index contributed by atoms with van der Waals surface area (Å²) < 4.78 is 26.3. The van der Waals surface area contributed by atoms with Gasteiger partial charge < -0.3 is 34.6 Å². The topological polar surface area (TPSA) is 197 Å². The lowest BCUT2D eigenvalue weighted by molar-refractivity contribution is -0.161. The Balaban J connectivity index is 2.33. The van der Waals surface area contributed by atoms with Crippen molar-refractivity contribution in [2.24, 2.45) is 11.8 Å². The number of unbranched alkanes of at least 4 members (excludes halogenated alkanes) is 10. The number of phosphoric acid groups is 1. The summed E-state index contributed by atoms with van der Waals surface area (Å²) in [5, 5.41) is 31.2. The average Bonchev–Trinajstić information content (AvgIpc) is 3.41. The van der Waals surface area contributed by atoms with Crippen LogP contribution in [0.4, 0.5) is 0 Å². The molecule has 1 aliphatic rings. The van der Waals surface area contributed by atoms with Gasteiger partial charge in [0.2, 0.25) is 0 Å². The SMILES string of the molecule is CCCCC/C=C\C/C=C\C/C=C\CCCCCCC(=O)O[C@H](COC(=O)CCCCC(=O)C[C@@H]1[C@@H](/C=C/[C@@H](O)CCCCC)[C@H](O)C[C@@H]1O)COP(=O)(O)O. The van der Waals surface area contributed by atoms with Crippen molar-refractivity contribution in [1.29, 1.82) is 0 Å². The number of rotatable bonds is 34. The van der Waals surface area contributed by atoms with Crippen LogP contribution in [0.5, 0.6) is 0 Å². The molecule has 0 aromatic rings. The molecule has 1 saturated carbocycles. The van der Waals surface area contributed by atoms with Crippen LogP contribution in [0.25, 0.3) is 0 Å². The highest BCUT2D eigenvalue weighted by Gasteiger charge is 2.41. The quantitative estimate of drug-likeness (QED) is 0.0181. The highest BCUT2D eigenvalue weighted by Crippen LogP contribution is 2.37. The Kier molecular flexibility index (Phi) is 29.9. The fourth-order valence-electron chi connectivity index (χ4n) is 6.55. The number of esters is 2. The Morgan fingerprint density at radius 2 is 1.29 bits per heavy atom. The molecule has 0 saturated heterocycles. The maximum absolute atomic E-state index is 12.7. The Labute approximate surface area is 336 Å². The molecule has 0 aliphatic heterocycles. The van der Waals surface area contributed by atoms with Crippen LogP contribution >= 0.6 is 7.82 Å². The van der Waals surface area contributed by atoms with E-state index in [9.17, 15) is 34.3 Å². The molecule has 5 N–H and O–H groups in total. The van der Waals surface area contributed by atoms with Gasteiger partial charge in [0.15, 0.2) is 6.10 Å². The largest absolute Gasteiger partial charge is 0.469 e. The third-order valence-corrected chi connectivity index (χ3v) is 10.3. The molecule has 0 radical (unpaired) electrons. The van der Waals surface area contributed by atoms with Gasteiger partial charge in [-0.2, -0.15) is 0 Å². The van der Waals surface area contributed by atoms with Crippen LogP contribution in [0.3, 0.4) is 0 Å². The van der Waals surface area contributed by atoms with E-state index >= 15 is 0 Å². The first-order valence-electron chi connectivity index (χ1n) is 21.1. The summed E-state index contributed by atoms with van der Waals surface area (Å²) in [6.07, 6.45) is 28.9. The Hall–Kier alpha value is -2.44. The van der Waals surface area contributed by atoms with Gasteiger partial charge in [-0.3, -0.25) is 18.9 Å². The summed E-state index contributed by atoms with van der Waals surface area (Å²) in [4.78, 5) is 55.8. The summed E-state index contributed by atoms with van der Waals surface area (Å²) in [7, 11) is -4.85.